The Labute approximate surface area is 131 Å². The lowest BCUT2D eigenvalue weighted by molar-refractivity contribution is 0.600. The van der Waals surface area contributed by atoms with Crippen molar-refractivity contribution in [2.45, 2.75) is 11.4 Å². The Balaban J connectivity index is 2.40. The van der Waals surface area contributed by atoms with Crippen LogP contribution in [-0.2, 0) is 16.6 Å². The molecule has 2 rings (SSSR count). The third-order valence-corrected chi connectivity index (χ3v) is 5.21. The van der Waals surface area contributed by atoms with Gasteiger partial charge in [0.05, 0.1) is 5.69 Å². The average Bonchev–Trinajstić information content (AvgIpc) is 2.38. The van der Waals surface area contributed by atoms with E-state index in [1.807, 2.05) is 0 Å². The van der Waals surface area contributed by atoms with Crippen LogP contribution in [0.15, 0.2) is 51.8 Å². The fraction of sp³-hybridized carbons (Fsp3) is 0.0769. The first-order chi connectivity index (χ1) is 9.42. The van der Waals surface area contributed by atoms with Crippen LogP contribution < -0.4 is 10.5 Å². The second-order valence-corrected chi connectivity index (χ2v) is 7.03. The number of nitrogens with two attached hydrogens (primary N) is 1. The molecule has 0 aliphatic carbocycles. The summed E-state index contributed by atoms with van der Waals surface area (Å²) >= 11 is 9.08. The molecule has 3 N–H and O–H groups in total. The number of nitrogens with one attached hydrogen (secondary N) is 1. The van der Waals surface area contributed by atoms with Crippen LogP contribution in [0.1, 0.15) is 5.56 Å². The van der Waals surface area contributed by atoms with Gasteiger partial charge in [-0.2, -0.15) is 0 Å². The summed E-state index contributed by atoms with van der Waals surface area (Å²) in [5.74, 6) is 0. The number of sulfonamides is 1. The van der Waals surface area contributed by atoms with Crippen LogP contribution in [0.3, 0.4) is 0 Å². The maximum atomic E-state index is 12.4. The van der Waals surface area contributed by atoms with E-state index in [-0.39, 0.29) is 11.4 Å². The minimum absolute atomic E-state index is 0.139. The second-order valence-electron chi connectivity index (χ2n) is 4.08. The molecular weight excluding hydrogens is 364 g/mol. The SMILES string of the molecule is NCc1ccc(Br)c(S(=O)(=O)Nc2cccc(Cl)c2)c1. The molecule has 0 unspecified atom stereocenters. The Hall–Kier alpha value is -1.08. The lowest BCUT2D eigenvalue weighted by Gasteiger charge is -2.11. The summed E-state index contributed by atoms with van der Waals surface area (Å²) in [6.45, 7) is 0.271. The number of benzene rings is 2. The zero-order chi connectivity index (χ0) is 14.8. The van der Waals surface area contributed by atoms with Crippen LogP contribution in [0.2, 0.25) is 5.02 Å². The summed E-state index contributed by atoms with van der Waals surface area (Å²) in [7, 11) is -3.70. The highest BCUT2D eigenvalue weighted by Gasteiger charge is 2.18. The van der Waals surface area contributed by atoms with Crippen LogP contribution >= 0.6 is 27.5 Å². The van der Waals surface area contributed by atoms with Crippen molar-refractivity contribution in [3.8, 4) is 0 Å². The molecule has 106 valence electrons. The number of halogens is 2. The molecule has 0 heterocycles. The molecule has 0 aliphatic rings. The maximum Gasteiger partial charge on any atom is 0.263 e. The molecule has 0 aliphatic heterocycles. The zero-order valence-electron chi connectivity index (χ0n) is 10.3. The first-order valence-corrected chi connectivity index (χ1v) is 8.34. The normalized spacial score (nSPS) is 11.3. The number of hydrogen-bond donors (Lipinski definition) is 2. The van der Waals surface area contributed by atoms with Gasteiger partial charge in [-0.3, -0.25) is 4.72 Å². The minimum Gasteiger partial charge on any atom is -0.326 e. The van der Waals surface area contributed by atoms with E-state index in [9.17, 15) is 8.42 Å². The van der Waals surface area contributed by atoms with Crippen LogP contribution in [0.5, 0.6) is 0 Å². The van der Waals surface area contributed by atoms with Gasteiger partial charge in [-0.15, -0.1) is 0 Å². The topological polar surface area (TPSA) is 72.2 Å². The van der Waals surface area contributed by atoms with E-state index in [4.69, 9.17) is 17.3 Å². The van der Waals surface area contributed by atoms with Gasteiger partial charge in [0.25, 0.3) is 10.0 Å². The molecule has 0 amide bonds. The van der Waals surface area contributed by atoms with Crippen molar-refractivity contribution in [1.82, 2.24) is 0 Å². The quantitative estimate of drug-likeness (QED) is 0.860. The van der Waals surface area contributed by atoms with Gasteiger partial charge >= 0.3 is 0 Å². The molecule has 0 saturated heterocycles. The van der Waals surface area contributed by atoms with Crippen molar-refractivity contribution in [3.05, 3.63) is 57.5 Å². The zero-order valence-corrected chi connectivity index (χ0v) is 13.5. The van der Waals surface area contributed by atoms with Gasteiger partial charge in [0.2, 0.25) is 0 Å². The Bertz CT molecular complexity index is 735. The van der Waals surface area contributed by atoms with E-state index in [2.05, 4.69) is 20.7 Å². The monoisotopic (exact) mass is 374 g/mol. The molecule has 0 atom stereocenters. The van der Waals surface area contributed by atoms with Gasteiger partial charge in [-0.1, -0.05) is 23.7 Å². The van der Waals surface area contributed by atoms with Crippen molar-refractivity contribution in [1.29, 1.82) is 0 Å². The molecule has 0 saturated carbocycles. The van der Waals surface area contributed by atoms with Gasteiger partial charge < -0.3 is 5.73 Å². The van der Waals surface area contributed by atoms with E-state index < -0.39 is 10.0 Å². The van der Waals surface area contributed by atoms with E-state index >= 15 is 0 Å². The fourth-order valence-corrected chi connectivity index (χ4v) is 3.90. The third-order valence-electron chi connectivity index (χ3n) is 2.60. The standard InChI is InChI=1S/C13H12BrClN2O2S/c14-12-5-4-9(8-16)6-13(12)20(18,19)17-11-3-1-2-10(15)7-11/h1-7,17H,8,16H2. The van der Waals surface area contributed by atoms with Gasteiger partial charge in [-0.05, 0) is 51.8 Å². The van der Waals surface area contributed by atoms with Crippen LogP contribution in [0, 0.1) is 0 Å². The molecule has 0 spiro atoms. The van der Waals surface area contributed by atoms with Gasteiger partial charge in [0.1, 0.15) is 4.90 Å². The Kier molecular flexibility index (Phi) is 4.70. The van der Waals surface area contributed by atoms with Crippen molar-refractivity contribution < 1.29 is 8.42 Å². The molecule has 0 aromatic heterocycles. The summed E-state index contributed by atoms with van der Waals surface area (Å²) in [6.07, 6.45) is 0. The van der Waals surface area contributed by atoms with Crippen molar-refractivity contribution >= 4 is 43.2 Å². The van der Waals surface area contributed by atoms with E-state index in [0.717, 1.165) is 5.56 Å². The lowest BCUT2D eigenvalue weighted by Crippen LogP contribution is -2.14. The third kappa shape index (κ3) is 3.52. The Morgan fingerprint density at radius 1 is 1.20 bits per heavy atom. The highest BCUT2D eigenvalue weighted by atomic mass is 79.9. The summed E-state index contributed by atoms with van der Waals surface area (Å²) in [6, 6.07) is 11.5. The van der Waals surface area contributed by atoms with Gasteiger partial charge in [-0.25, -0.2) is 8.42 Å². The molecule has 2 aromatic rings. The second kappa shape index (κ2) is 6.13. The largest absolute Gasteiger partial charge is 0.326 e. The van der Waals surface area contributed by atoms with Crippen LogP contribution in [0.25, 0.3) is 0 Å². The molecule has 4 nitrogen and oxygen atoms in total. The molecule has 20 heavy (non-hydrogen) atoms. The predicted molar refractivity (Wildman–Crippen MR) is 84.3 cm³/mol. The van der Waals surface area contributed by atoms with E-state index in [1.54, 1.807) is 36.4 Å². The maximum absolute atomic E-state index is 12.4. The van der Waals surface area contributed by atoms with E-state index in [0.29, 0.717) is 15.2 Å². The first-order valence-electron chi connectivity index (χ1n) is 5.69. The smallest absolute Gasteiger partial charge is 0.263 e. The molecule has 0 radical (unpaired) electrons. The summed E-state index contributed by atoms with van der Waals surface area (Å²) in [5, 5.41) is 0.458. The molecule has 0 fully saturated rings. The fourth-order valence-electron chi connectivity index (χ4n) is 1.64. The van der Waals surface area contributed by atoms with Crippen LogP contribution in [-0.4, -0.2) is 8.42 Å². The lowest BCUT2D eigenvalue weighted by atomic mass is 10.2. The number of hydrogen-bond acceptors (Lipinski definition) is 3. The Morgan fingerprint density at radius 2 is 1.95 bits per heavy atom. The van der Waals surface area contributed by atoms with Crippen LogP contribution in [0.4, 0.5) is 5.69 Å². The molecule has 7 heteroatoms. The molecule has 0 bridgehead atoms. The highest BCUT2D eigenvalue weighted by molar-refractivity contribution is 9.10. The summed E-state index contributed by atoms with van der Waals surface area (Å²) < 4.78 is 27.7. The van der Waals surface area contributed by atoms with E-state index in [1.165, 1.54) is 6.07 Å². The minimum atomic E-state index is -3.70. The summed E-state index contributed by atoms with van der Waals surface area (Å²) in [4.78, 5) is 0.139. The van der Waals surface area contributed by atoms with Gasteiger partial charge in [0.15, 0.2) is 0 Å². The highest BCUT2D eigenvalue weighted by Crippen LogP contribution is 2.26. The predicted octanol–water partition coefficient (Wildman–Crippen LogP) is 3.36. The van der Waals surface area contributed by atoms with Crippen molar-refractivity contribution in [2.75, 3.05) is 4.72 Å². The van der Waals surface area contributed by atoms with Gasteiger partial charge in [0, 0.05) is 16.0 Å². The summed E-state index contributed by atoms with van der Waals surface area (Å²) in [5.41, 5.74) is 6.68. The average molecular weight is 376 g/mol. The van der Waals surface area contributed by atoms with Crippen molar-refractivity contribution in [3.63, 3.8) is 0 Å². The number of rotatable bonds is 4. The van der Waals surface area contributed by atoms with Crippen molar-refractivity contribution in [2.24, 2.45) is 5.73 Å². The molecular formula is C13H12BrClN2O2S. The first kappa shape index (κ1) is 15.3. The number of anilines is 1. The molecule has 2 aromatic carbocycles. The Morgan fingerprint density at radius 3 is 2.60 bits per heavy atom.